The molecule has 5 heteroatoms. The van der Waals surface area contributed by atoms with Gasteiger partial charge in [0.2, 0.25) is 5.88 Å². The summed E-state index contributed by atoms with van der Waals surface area (Å²) >= 11 is 1.65. The van der Waals surface area contributed by atoms with Crippen molar-refractivity contribution in [1.82, 2.24) is 9.97 Å². The van der Waals surface area contributed by atoms with Crippen LogP contribution in [0.1, 0.15) is 0 Å². The number of nitrogens with zero attached hydrogens (tertiary/aromatic N) is 2. The molecular weight excluding hydrogens is 320 g/mol. The van der Waals surface area contributed by atoms with E-state index in [2.05, 4.69) is 34.2 Å². The third-order valence-electron chi connectivity index (χ3n) is 4.07. The SMILES string of the molecule is CSc1ccc2ccccc2c1-c1cccc2c(O)nc(O)nc12. The van der Waals surface area contributed by atoms with Crippen LogP contribution in [0.3, 0.4) is 0 Å². The van der Waals surface area contributed by atoms with Crippen LogP contribution in [0.4, 0.5) is 0 Å². The smallest absolute Gasteiger partial charge is 0.317 e. The lowest BCUT2D eigenvalue weighted by atomic mass is 9.96. The summed E-state index contributed by atoms with van der Waals surface area (Å²) in [4.78, 5) is 8.92. The van der Waals surface area contributed by atoms with Crippen molar-refractivity contribution in [1.29, 1.82) is 0 Å². The first-order chi connectivity index (χ1) is 11.7. The molecule has 0 spiro atoms. The molecule has 3 aromatic carbocycles. The van der Waals surface area contributed by atoms with Gasteiger partial charge in [-0.1, -0.05) is 42.5 Å². The predicted octanol–water partition coefficient (Wildman–Crippen LogP) is 4.58. The van der Waals surface area contributed by atoms with Gasteiger partial charge in [-0.3, -0.25) is 0 Å². The molecule has 0 unspecified atom stereocenters. The quantitative estimate of drug-likeness (QED) is 0.525. The molecule has 4 aromatic rings. The highest BCUT2D eigenvalue weighted by Gasteiger charge is 2.16. The molecule has 0 aliphatic carbocycles. The summed E-state index contributed by atoms with van der Waals surface area (Å²) < 4.78 is 0. The Kier molecular flexibility index (Phi) is 3.50. The third-order valence-corrected chi connectivity index (χ3v) is 4.85. The van der Waals surface area contributed by atoms with E-state index >= 15 is 0 Å². The van der Waals surface area contributed by atoms with Crippen LogP contribution >= 0.6 is 11.8 Å². The van der Waals surface area contributed by atoms with E-state index in [4.69, 9.17) is 0 Å². The van der Waals surface area contributed by atoms with Crippen LogP contribution in [0.15, 0.2) is 59.5 Å². The molecule has 1 aromatic heterocycles. The van der Waals surface area contributed by atoms with Gasteiger partial charge in [0.25, 0.3) is 0 Å². The van der Waals surface area contributed by atoms with E-state index in [1.165, 1.54) is 0 Å². The van der Waals surface area contributed by atoms with E-state index in [0.29, 0.717) is 10.9 Å². The second-order valence-corrected chi connectivity index (χ2v) is 6.26. The molecule has 0 radical (unpaired) electrons. The van der Waals surface area contributed by atoms with E-state index in [9.17, 15) is 10.2 Å². The van der Waals surface area contributed by atoms with Crippen molar-refractivity contribution in [2.75, 3.05) is 6.26 Å². The van der Waals surface area contributed by atoms with Crippen LogP contribution in [0.5, 0.6) is 11.9 Å². The number of aromatic hydroxyl groups is 2. The van der Waals surface area contributed by atoms with Crippen LogP contribution in [-0.2, 0) is 0 Å². The van der Waals surface area contributed by atoms with Crippen molar-refractivity contribution in [2.24, 2.45) is 0 Å². The molecule has 0 aliphatic heterocycles. The van der Waals surface area contributed by atoms with E-state index in [1.54, 1.807) is 17.8 Å². The van der Waals surface area contributed by atoms with Gasteiger partial charge in [-0.25, -0.2) is 0 Å². The van der Waals surface area contributed by atoms with Crippen LogP contribution in [0, 0.1) is 0 Å². The van der Waals surface area contributed by atoms with Crippen molar-refractivity contribution in [3.05, 3.63) is 54.6 Å². The molecule has 0 aliphatic rings. The van der Waals surface area contributed by atoms with Gasteiger partial charge in [-0.15, -0.1) is 11.8 Å². The number of rotatable bonds is 2. The minimum atomic E-state index is -0.432. The highest BCUT2D eigenvalue weighted by atomic mass is 32.2. The fourth-order valence-corrected chi connectivity index (χ4v) is 3.65. The predicted molar refractivity (Wildman–Crippen MR) is 97.6 cm³/mol. The van der Waals surface area contributed by atoms with Crippen molar-refractivity contribution >= 4 is 33.4 Å². The number of benzene rings is 3. The summed E-state index contributed by atoms with van der Waals surface area (Å²) in [5.41, 5.74) is 2.44. The zero-order valence-corrected chi connectivity index (χ0v) is 13.7. The van der Waals surface area contributed by atoms with Crippen molar-refractivity contribution in [3.63, 3.8) is 0 Å². The summed E-state index contributed by atoms with van der Waals surface area (Å²) in [6.07, 6.45) is 2.03. The summed E-state index contributed by atoms with van der Waals surface area (Å²) in [7, 11) is 0. The van der Waals surface area contributed by atoms with Crippen molar-refractivity contribution in [2.45, 2.75) is 4.90 Å². The van der Waals surface area contributed by atoms with Crippen molar-refractivity contribution < 1.29 is 10.2 Å². The summed E-state index contributed by atoms with van der Waals surface area (Å²) in [5, 5.41) is 22.5. The summed E-state index contributed by atoms with van der Waals surface area (Å²) in [6, 6.07) is 17.5. The number of fused-ring (bicyclic) bond motifs is 2. The molecule has 4 rings (SSSR count). The zero-order valence-electron chi connectivity index (χ0n) is 12.9. The Morgan fingerprint density at radius 2 is 1.62 bits per heavy atom. The third kappa shape index (κ3) is 2.25. The number of para-hydroxylation sites is 1. The van der Waals surface area contributed by atoms with Gasteiger partial charge in [0, 0.05) is 16.0 Å². The number of aromatic nitrogens is 2. The number of hydrogen-bond donors (Lipinski definition) is 2. The topological polar surface area (TPSA) is 66.2 Å². The van der Waals surface area contributed by atoms with Gasteiger partial charge in [0.05, 0.1) is 10.9 Å². The molecular formula is C19H14N2O2S. The number of thioether (sulfide) groups is 1. The molecule has 0 bridgehead atoms. The standard InChI is InChI=1S/C19H14N2O2S/c1-24-15-10-9-11-5-2-3-6-12(11)16(15)13-7-4-8-14-17(13)20-19(23)21-18(14)22/h2-10H,1H3,(H2,20,21,22,23). The van der Waals surface area contributed by atoms with Crippen LogP contribution < -0.4 is 0 Å². The molecule has 0 amide bonds. The maximum Gasteiger partial charge on any atom is 0.317 e. The van der Waals surface area contributed by atoms with Gasteiger partial charge < -0.3 is 10.2 Å². The van der Waals surface area contributed by atoms with E-state index in [0.717, 1.165) is 26.8 Å². The van der Waals surface area contributed by atoms with Gasteiger partial charge in [-0.2, -0.15) is 9.97 Å². The van der Waals surface area contributed by atoms with Crippen molar-refractivity contribution in [3.8, 4) is 23.0 Å². The first kappa shape index (κ1) is 14.8. The maximum absolute atomic E-state index is 10.0. The Morgan fingerprint density at radius 1 is 0.833 bits per heavy atom. The molecule has 0 saturated heterocycles. The van der Waals surface area contributed by atoms with E-state index < -0.39 is 6.01 Å². The Bertz CT molecular complexity index is 1080. The Hall–Kier alpha value is -2.79. The normalized spacial score (nSPS) is 11.2. The average Bonchev–Trinajstić information content (AvgIpc) is 2.60. The minimum absolute atomic E-state index is 0.217. The first-order valence-electron chi connectivity index (χ1n) is 7.44. The largest absolute Gasteiger partial charge is 0.493 e. The second-order valence-electron chi connectivity index (χ2n) is 5.41. The lowest BCUT2D eigenvalue weighted by molar-refractivity contribution is 0.403. The van der Waals surface area contributed by atoms with Gasteiger partial charge >= 0.3 is 6.01 Å². The van der Waals surface area contributed by atoms with Gasteiger partial charge in [0.15, 0.2) is 0 Å². The minimum Gasteiger partial charge on any atom is -0.493 e. The molecule has 1 heterocycles. The monoisotopic (exact) mass is 334 g/mol. The average molecular weight is 334 g/mol. The fraction of sp³-hybridized carbons (Fsp3) is 0.0526. The molecule has 0 fully saturated rings. The Balaban J connectivity index is 2.17. The molecule has 2 N–H and O–H groups in total. The second kappa shape index (κ2) is 5.69. The highest BCUT2D eigenvalue weighted by Crippen LogP contribution is 2.40. The number of hydrogen-bond acceptors (Lipinski definition) is 5. The zero-order chi connectivity index (χ0) is 16.7. The van der Waals surface area contributed by atoms with Crippen LogP contribution in [0.2, 0.25) is 0 Å². The lowest BCUT2D eigenvalue weighted by Crippen LogP contribution is -1.91. The Morgan fingerprint density at radius 3 is 2.46 bits per heavy atom. The molecule has 24 heavy (non-hydrogen) atoms. The molecule has 4 nitrogen and oxygen atoms in total. The molecule has 118 valence electrons. The molecule has 0 atom stereocenters. The maximum atomic E-state index is 10.0. The van der Waals surface area contributed by atoms with Crippen LogP contribution in [-0.4, -0.2) is 26.4 Å². The van der Waals surface area contributed by atoms with Gasteiger partial charge in [-0.05, 0) is 29.2 Å². The highest BCUT2D eigenvalue weighted by molar-refractivity contribution is 7.98. The molecule has 0 saturated carbocycles. The fourth-order valence-electron chi connectivity index (χ4n) is 3.03. The summed E-state index contributed by atoms with van der Waals surface area (Å²) in [5.74, 6) is -0.217. The van der Waals surface area contributed by atoms with E-state index in [-0.39, 0.29) is 5.88 Å². The van der Waals surface area contributed by atoms with Gasteiger partial charge in [0.1, 0.15) is 0 Å². The lowest BCUT2D eigenvalue weighted by Gasteiger charge is -2.14. The summed E-state index contributed by atoms with van der Waals surface area (Å²) in [6.45, 7) is 0. The Labute approximate surface area is 142 Å². The first-order valence-corrected chi connectivity index (χ1v) is 8.66. The van der Waals surface area contributed by atoms with Crippen LogP contribution in [0.25, 0.3) is 32.8 Å². The van der Waals surface area contributed by atoms with E-state index in [1.807, 2.05) is 30.5 Å².